The van der Waals surface area contributed by atoms with E-state index in [4.69, 9.17) is 0 Å². The van der Waals surface area contributed by atoms with Crippen LogP contribution < -0.4 is 5.32 Å². The van der Waals surface area contributed by atoms with Gasteiger partial charge in [-0.1, -0.05) is 78.9 Å². The molecule has 1 atom stereocenters. The number of thioether (sulfide) groups is 1. The molecule has 2 amide bonds. The third-order valence-corrected chi connectivity index (χ3v) is 7.16. The van der Waals surface area contributed by atoms with Gasteiger partial charge in [-0.05, 0) is 44.7 Å². The molecule has 0 saturated heterocycles. The van der Waals surface area contributed by atoms with Crippen LogP contribution in [-0.2, 0) is 21.9 Å². The van der Waals surface area contributed by atoms with Crippen molar-refractivity contribution in [1.29, 1.82) is 0 Å². The van der Waals surface area contributed by atoms with Crippen molar-refractivity contribution in [1.82, 2.24) is 10.2 Å². The number of carbonyl (C=O) groups excluding carboxylic acids is 2. The molecule has 1 fully saturated rings. The summed E-state index contributed by atoms with van der Waals surface area (Å²) in [7, 11) is 0. The van der Waals surface area contributed by atoms with Crippen LogP contribution >= 0.6 is 11.8 Å². The van der Waals surface area contributed by atoms with Gasteiger partial charge in [-0.15, -0.1) is 11.8 Å². The van der Waals surface area contributed by atoms with Gasteiger partial charge in [0.05, 0.1) is 5.75 Å². The van der Waals surface area contributed by atoms with Crippen molar-refractivity contribution in [3.8, 4) is 0 Å². The lowest BCUT2D eigenvalue weighted by Gasteiger charge is -2.31. The van der Waals surface area contributed by atoms with Crippen LogP contribution in [0.25, 0.3) is 0 Å². The highest BCUT2D eigenvalue weighted by atomic mass is 32.2. The number of amides is 2. The van der Waals surface area contributed by atoms with E-state index in [9.17, 15) is 9.59 Å². The molecule has 4 nitrogen and oxygen atoms in total. The quantitative estimate of drug-likeness (QED) is 0.554. The summed E-state index contributed by atoms with van der Waals surface area (Å²) in [6.07, 6.45) is 5.66. The van der Waals surface area contributed by atoms with Crippen LogP contribution in [0.5, 0.6) is 0 Å². The van der Waals surface area contributed by atoms with E-state index in [-0.39, 0.29) is 17.9 Å². The van der Waals surface area contributed by atoms with Gasteiger partial charge in [0.1, 0.15) is 6.04 Å². The van der Waals surface area contributed by atoms with Gasteiger partial charge >= 0.3 is 0 Å². The van der Waals surface area contributed by atoms with Gasteiger partial charge in [-0.3, -0.25) is 9.59 Å². The maximum absolute atomic E-state index is 13.2. The Kier molecular flexibility index (Phi) is 9.22. The number of rotatable bonds is 9. The molecule has 0 bridgehead atoms. The van der Waals surface area contributed by atoms with Crippen molar-refractivity contribution in [2.45, 2.75) is 77.3 Å². The predicted molar refractivity (Wildman–Crippen MR) is 134 cm³/mol. The second kappa shape index (κ2) is 12.1. The largest absolute Gasteiger partial charge is 0.352 e. The summed E-state index contributed by atoms with van der Waals surface area (Å²) in [5.74, 6) is 1.12. The van der Waals surface area contributed by atoms with E-state index < -0.39 is 6.04 Å². The predicted octanol–water partition coefficient (Wildman–Crippen LogP) is 5.40. The lowest BCUT2D eigenvalue weighted by Crippen LogP contribution is -2.50. The average molecular weight is 453 g/mol. The lowest BCUT2D eigenvalue weighted by atomic mass is 9.95. The molecule has 0 aromatic heterocycles. The van der Waals surface area contributed by atoms with E-state index in [2.05, 4.69) is 55.6 Å². The first-order valence-electron chi connectivity index (χ1n) is 11.7. The fourth-order valence-electron chi connectivity index (χ4n) is 4.18. The summed E-state index contributed by atoms with van der Waals surface area (Å²) in [6, 6.07) is 16.3. The van der Waals surface area contributed by atoms with Crippen molar-refractivity contribution in [2.75, 3.05) is 5.75 Å². The number of nitrogens with zero attached hydrogens (tertiary/aromatic N) is 1. The van der Waals surface area contributed by atoms with Crippen LogP contribution in [0.1, 0.15) is 61.3 Å². The summed E-state index contributed by atoms with van der Waals surface area (Å²) in [5, 5.41) is 3.20. The number of hydrogen-bond acceptors (Lipinski definition) is 3. The molecule has 0 heterocycles. The standard InChI is InChI=1S/C27H36N2O2S/c1-20-12-14-23(15-13-20)17-29(22(3)27(31)28-25-10-5-4-6-11-25)26(30)19-32-18-24-9-7-8-21(2)16-24/h7-9,12-16,22,25H,4-6,10-11,17-19H2,1-3H3,(H,28,31)/t22-/m1/s1. The van der Waals surface area contributed by atoms with Crippen molar-refractivity contribution >= 4 is 23.6 Å². The van der Waals surface area contributed by atoms with Gasteiger partial charge < -0.3 is 10.2 Å². The fourth-order valence-corrected chi connectivity index (χ4v) is 5.04. The molecule has 1 N–H and O–H groups in total. The number of nitrogens with one attached hydrogen (secondary N) is 1. The Balaban J connectivity index is 1.64. The number of benzene rings is 2. The molecule has 172 valence electrons. The average Bonchev–Trinajstić information content (AvgIpc) is 2.79. The van der Waals surface area contributed by atoms with E-state index in [0.29, 0.717) is 12.3 Å². The minimum Gasteiger partial charge on any atom is -0.352 e. The van der Waals surface area contributed by atoms with E-state index in [0.717, 1.165) is 24.2 Å². The molecule has 2 aromatic rings. The smallest absolute Gasteiger partial charge is 0.242 e. The SMILES string of the molecule is Cc1ccc(CN(C(=O)CSCc2cccc(C)c2)[C@H](C)C(=O)NC2CCCCC2)cc1. The molecule has 0 unspecified atom stereocenters. The highest BCUT2D eigenvalue weighted by molar-refractivity contribution is 7.99. The normalized spacial score (nSPS) is 15.2. The van der Waals surface area contributed by atoms with Crippen molar-refractivity contribution in [2.24, 2.45) is 0 Å². The molecule has 3 rings (SSSR count). The van der Waals surface area contributed by atoms with Crippen LogP contribution in [0.2, 0.25) is 0 Å². The Hall–Kier alpha value is -2.27. The first kappa shape index (κ1) is 24.4. The summed E-state index contributed by atoms with van der Waals surface area (Å²) in [6.45, 7) is 6.43. The number of hydrogen-bond donors (Lipinski definition) is 1. The maximum atomic E-state index is 13.2. The van der Waals surface area contributed by atoms with Crippen molar-refractivity contribution in [3.63, 3.8) is 0 Å². The highest BCUT2D eigenvalue weighted by Gasteiger charge is 2.28. The maximum Gasteiger partial charge on any atom is 0.242 e. The molecule has 0 radical (unpaired) electrons. The minimum atomic E-state index is -0.495. The zero-order valence-corrected chi connectivity index (χ0v) is 20.4. The summed E-state index contributed by atoms with van der Waals surface area (Å²) >= 11 is 1.61. The van der Waals surface area contributed by atoms with E-state index in [1.165, 1.54) is 36.0 Å². The van der Waals surface area contributed by atoms with Crippen LogP contribution in [0, 0.1) is 13.8 Å². The van der Waals surface area contributed by atoms with Gasteiger partial charge in [0.2, 0.25) is 11.8 Å². The molecule has 0 aliphatic heterocycles. The molecule has 0 spiro atoms. The first-order valence-corrected chi connectivity index (χ1v) is 12.9. The second-order valence-corrected chi connectivity index (χ2v) is 9.99. The molecule has 2 aromatic carbocycles. The van der Waals surface area contributed by atoms with E-state index in [1.54, 1.807) is 16.7 Å². The Morgan fingerprint density at radius 1 is 1.00 bits per heavy atom. The van der Waals surface area contributed by atoms with Gasteiger partial charge in [0.25, 0.3) is 0 Å². The van der Waals surface area contributed by atoms with Gasteiger partial charge in [-0.25, -0.2) is 0 Å². The number of carbonyl (C=O) groups is 2. The first-order chi connectivity index (χ1) is 15.4. The topological polar surface area (TPSA) is 49.4 Å². The van der Waals surface area contributed by atoms with Gasteiger partial charge in [0, 0.05) is 18.3 Å². The molecular weight excluding hydrogens is 416 g/mol. The van der Waals surface area contributed by atoms with Crippen molar-refractivity contribution < 1.29 is 9.59 Å². The summed E-state index contributed by atoms with van der Waals surface area (Å²) < 4.78 is 0. The third-order valence-electron chi connectivity index (χ3n) is 6.17. The molecule has 1 aliphatic carbocycles. The van der Waals surface area contributed by atoms with Crippen LogP contribution in [0.4, 0.5) is 0 Å². The fraction of sp³-hybridized carbons (Fsp3) is 0.481. The Morgan fingerprint density at radius 2 is 1.72 bits per heavy atom. The van der Waals surface area contributed by atoms with Crippen LogP contribution in [0.15, 0.2) is 48.5 Å². The zero-order chi connectivity index (χ0) is 22.9. The third kappa shape index (κ3) is 7.40. The summed E-state index contributed by atoms with van der Waals surface area (Å²) in [5.41, 5.74) is 4.67. The van der Waals surface area contributed by atoms with E-state index >= 15 is 0 Å². The molecule has 5 heteroatoms. The van der Waals surface area contributed by atoms with Crippen LogP contribution in [-0.4, -0.2) is 34.6 Å². The van der Waals surface area contributed by atoms with Gasteiger partial charge in [0.15, 0.2) is 0 Å². The Bertz CT molecular complexity index is 891. The minimum absolute atomic E-state index is 0.00882. The van der Waals surface area contributed by atoms with Gasteiger partial charge in [-0.2, -0.15) is 0 Å². The zero-order valence-electron chi connectivity index (χ0n) is 19.6. The highest BCUT2D eigenvalue weighted by Crippen LogP contribution is 2.19. The van der Waals surface area contributed by atoms with E-state index in [1.807, 2.05) is 19.1 Å². The van der Waals surface area contributed by atoms with Crippen LogP contribution in [0.3, 0.4) is 0 Å². The Labute approximate surface area is 197 Å². The monoisotopic (exact) mass is 452 g/mol. The molecule has 32 heavy (non-hydrogen) atoms. The Morgan fingerprint density at radius 3 is 2.41 bits per heavy atom. The lowest BCUT2D eigenvalue weighted by molar-refractivity contribution is -0.139. The summed E-state index contributed by atoms with van der Waals surface area (Å²) in [4.78, 5) is 28.0. The molecular formula is C27H36N2O2S. The van der Waals surface area contributed by atoms with Crippen molar-refractivity contribution in [3.05, 3.63) is 70.8 Å². The molecule has 1 aliphatic rings. The number of aryl methyl sites for hydroxylation is 2. The molecule has 1 saturated carbocycles. The second-order valence-electron chi connectivity index (χ2n) is 9.01.